The maximum absolute atomic E-state index is 16.0. The fourth-order valence-electron chi connectivity index (χ4n) is 6.53. The second kappa shape index (κ2) is 11.2. The van der Waals surface area contributed by atoms with Crippen LogP contribution in [0.4, 0.5) is 15.9 Å². The predicted octanol–water partition coefficient (Wildman–Crippen LogP) is 6.82. The third-order valence-corrected chi connectivity index (χ3v) is 8.73. The summed E-state index contributed by atoms with van der Waals surface area (Å²) in [5.74, 6) is -2.77. The lowest BCUT2D eigenvalue weighted by atomic mass is 9.62. The van der Waals surface area contributed by atoms with Gasteiger partial charge in [0.05, 0.1) is 11.1 Å². The Morgan fingerprint density at radius 1 is 1.07 bits per heavy atom. The number of carbonyl (C=O) groups is 3. The summed E-state index contributed by atoms with van der Waals surface area (Å²) in [6.07, 6.45) is 0.484. The van der Waals surface area contributed by atoms with Crippen LogP contribution in [0.25, 0.3) is 0 Å². The summed E-state index contributed by atoms with van der Waals surface area (Å²) < 4.78 is 23.0. The van der Waals surface area contributed by atoms with E-state index in [9.17, 15) is 14.4 Å². The number of fused-ring (bicyclic) bond motifs is 2. The summed E-state index contributed by atoms with van der Waals surface area (Å²) >= 11 is 12.6. The summed E-state index contributed by atoms with van der Waals surface area (Å²) in [7, 11) is 1.64. The number of ether oxygens (including phenoxy) is 1. The van der Waals surface area contributed by atoms with Gasteiger partial charge < -0.3 is 25.3 Å². The van der Waals surface area contributed by atoms with Crippen LogP contribution in [0.1, 0.15) is 75.5 Å². The number of anilines is 2. The van der Waals surface area contributed by atoms with Gasteiger partial charge in [0.25, 0.3) is 0 Å². The van der Waals surface area contributed by atoms with E-state index in [-0.39, 0.29) is 27.6 Å². The van der Waals surface area contributed by atoms with Crippen molar-refractivity contribution in [3.05, 3.63) is 81.2 Å². The van der Waals surface area contributed by atoms with Gasteiger partial charge in [-0.2, -0.15) is 0 Å². The van der Waals surface area contributed by atoms with Crippen LogP contribution in [0.5, 0.6) is 0 Å². The smallest absolute Gasteiger partial charge is 0.355 e. The number of esters is 1. The number of carbonyl (C=O) groups excluding carboxylic acids is 3. The molecule has 4 atom stereocenters. The zero-order valence-corrected chi connectivity index (χ0v) is 27.3. The second-order valence-electron chi connectivity index (χ2n) is 13.7. The third kappa shape index (κ3) is 5.61. The lowest BCUT2D eigenvalue weighted by Gasteiger charge is -2.37. The van der Waals surface area contributed by atoms with E-state index >= 15 is 4.39 Å². The van der Waals surface area contributed by atoms with Crippen molar-refractivity contribution in [1.29, 1.82) is 0 Å². The van der Waals surface area contributed by atoms with E-state index in [1.54, 1.807) is 70.3 Å². The molecule has 0 aliphatic carbocycles. The van der Waals surface area contributed by atoms with Gasteiger partial charge in [-0.1, -0.05) is 62.2 Å². The average molecular weight is 644 g/mol. The third-order valence-electron chi connectivity index (χ3n) is 8.20. The molecule has 1 saturated heterocycles. The number of rotatable bonds is 5. The number of halogens is 3. The van der Waals surface area contributed by atoms with Gasteiger partial charge >= 0.3 is 5.97 Å². The Labute approximate surface area is 266 Å². The van der Waals surface area contributed by atoms with Crippen molar-refractivity contribution < 1.29 is 23.5 Å². The van der Waals surface area contributed by atoms with Crippen LogP contribution >= 0.6 is 23.2 Å². The second-order valence-corrected chi connectivity index (χ2v) is 14.6. The Bertz CT molecular complexity index is 1660. The van der Waals surface area contributed by atoms with Crippen molar-refractivity contribution in [2.75, 3.05) is 10.6 Å². The first-order valence-electron chi connectivity index (χ1n) is 14.5. The van der Waals surface area contributed by atoms with Gasteiger partial charge in [0.1, 0.15) is 28.3 Å². The highest BCUT2D eigenvalue weighted by atomic mass is 35.5. The Kier molecular flexibility index (Phi) is 8.14. The Balaban J connectivity index is 1.64. The van der Waals surface area contributed by atoms with Crippen molar-refractivity contribution in [2.24, 2.45) is 12.5 Å². The number of benzene rings is 2. The predicted molar refractivity (Wildman–Crippen MR) is 170 cm³/mol. The van der Waals surface area contributed by atoms with Crippen molar-refractivity contribution in [3.8, 4) is 0 Å². The quantitative estimate of drug-likeness (QED) is 0.265. The summed E-state index contributed by atoms with van der Waals surface area (Å²) in [5, 5.41) is 9.64. The minimum absolute atomic E-state index is 0.116. The Hall–Kier alpha value is -3.40. The van der Waals surface area contributed by atoms with E-state index in [2.05, 4.69) is 16.0 Å². The molecule has 3 heterocycles. The lowest BCUT2D eigenvalue weighted by Crippen LogP contribution is -2.49. The van der Waals surface area contributed by atoms with Crippen molar-refractivity contribution in [3.63, 3.8) is 0 Å². The van der Waals surface area contributed by atoms with Gasteiger partial charge in [0, 0.05) is 29.7 Å². The van der Waals surface area contributed by atoms with E-state index < -0.39 is 46.7 Å². The molecule has 2 aromatic carbocycles. The molecular weight excluding hydrogens is 606 g/mol. The molecule has 0 bridgehead atoms. The fourth-order valence-corrected chi connectivity index (χ4v) is 6.88. The van der Waals surface area contributed by atoms with Gasteiger partial charge in [0.2, 0.25) is 11.8 Å². The van der Waals surface area contributed by atoms with Crippen molar-refractivity contribution >= 4 is 52.5 Å². The summed E-state index contributed by atoms with van der Waals surface area (Å²) in [6, 6.07) is 11.3. The number of nitrogens with zero attached hydrogens (tertiary/aromatic N) is 1. The molecule has 0 unspecified atom stereocenters. The first-order chi connectivity index (χ1) is 20.4. The molecule has 2 amide bonds. The summed E-state index contributed by atoms with van der Waals surface area (Å²) in [4.78, 5) is 41.3. The molecule has 11 heteroatoms. The van der Waals surface area contributed by atoms with Gasteiger partial charge in [-0.3, -0.25) is 9.59 Å². The van der Waals surface area contributed by atoms with Crippen LogP contribution in [0.2, 0.25) is 10.0 Å². The minimum atomic E-state index is -1.38. The van der Waals surface area contributed by atoms with Crippen LogP contribution in [0, 0.1) is 11.2 Å². The number of hydrogen-bond acceptors (Lipinski definition) is 5. The van der Waals surface area contributed by atoms with Gasteiger partial charge in [-0.15, -0.1) is 0 Å². The monoisotopic (exact) mass is 642 g/mol. The van der Waals surface area contributed by atoms with Gasteiger partial charge in [0.15, 0.2) is 0 Å². The molecule has 3 N–H and O–H groups in total. The summed E-state index contributed by atoms with van der Waals surface area (Å²) in [5.41, 5.74) is -0.831. The molecule has 0 radical (unpaired) electrons. The molecular formula is C33H37Cl2FN4O4. The molecule has 1 fully saturated rings. The zero-order chi connectivity index (χ0) is 32.4. The van der Waals surface area contributed by atoms with Crippen LogP contribution in [-0.4, -0.2) is 40.0 Å². The molecule has 5 rings (SSSR count). The molecule has 8 nitrogen and oxygen atoms in total. The van der Waals surface area contributed by atoms with E-state index in [4.69, 9.17) is 27.9 Å². The van der Waals surface area contributed by atoms with E-state index in [0.717, 1.165) is 0 Å². The average Bonchev–Trinajstić information content (AvgIpc) is 3.51. The summed E-state index contributed by atoms with van der Waals surface area (Å²) in [6.45, 7) is 11.4. The molecule has 44 heavy (non-hydrogen) atoms. The molecule has 1 aromatic heterocycles. The SMILES string of the molecule is Cn1c(NC(=O)[C@@H]2N[C@@H](CC(C)(C)C)[C@@]3(C(=O)Nc4cc(Cl)ccc43)[C@H]2c2cccc(Cl)c2F)ccc1C(=O)OC(C)(C)C. The zero-order valence-electron chi connectivity index (χ0n) is 25.8. The van der Waals surface area contributed by atoms with Gasteiger partial charge in [-0.25, -0.2) is 9.18 Å². The van der Waals surface area contributed by atoms with Crippen LogP contribution < -0.4 is 16.0 Å². The Morgan fingerprint density at radius 2 is 1.77 bits per heavy atom. The lowest BCUT2D eigenvalue weighted by molar-refractivity contribution is -0.122. The standard InChI is InChI=1S/C33H37Cl2FN4O4/c1-31(2,3)16-23-33(19-12-11-17(34)15-21(19)37-30(33)43)25(18-9-8-10-20(35)26(18)36)27(38-23)28(41)39-24-14-13-22(40(24)7)29(42)44-32(4,5)6/h8-15,23,25,27,38H,16H2,1-7H3,(H,37,43)(H,39,41)/t23-,25-,27+,33+/m0/s1. The molecule has 1 spiro atoms. The molecule has 2 aliphatic heterocycles. The maximum Gasteiger partial charge on any atom is 0.355 e. The van der Waals surface area contributed by atoms with Crippen molar-refractivity contribution in [2.45, 2.75) is 77.0 Å². The van der Waals surface area contributed by atoms with Crippen LogP contribution in [-0.2, 0) is 26.8 Å². The Morgan fingerprint density at radius 3 is 2.43 bits per heavy atom. The van der Waals surface area contributed by atoms with Gasteiger partial charge in [-0.05, 0) is 74.1 Å². The molecule has 3 aromatic rings. The molecule has 0 saturated carbocycles. The number of nitrogens with one attached hydrogen (secondary N) is 3. The first-order valence-corrected chi connectivity index (χ1v) is 15.2. The van der Waals surface area contributed by atoms with Crippen molar-refractivity contribution in [1.82, 2.24) is 9.88 Å². The van der Waals surface area contributed by atoms with E-state index in [1.165, 1.54) is 10.6 Å². The number of amides is 2. The van der Waals surface area contributed by atoms with E-state index in [1.807, 2.05) is 20.8 Å². The largest absolute Gasteiger partial charge is 0.455 e. The van der Waals surface area contributed by atoms with Crippen LogP contribution in [0.15, 0.2) is 48.5 Å². The maximum atomic E-state index is 16.0. The molecule has 234 valence electrons. The first kappa shape index (κ1) is 32.0. The highest BCUT2D eigenvalue weighted by molar-refractivity contribution is 6.31. The molecule has 2 aliphatic rings. The highest BCUT2D eigenvalue weighted by Gasteiger charge is 2.66. The van der Waals surface area contributed by atoms with Crippen LogP contribution in [0.3, 0.4) is 0 Å². The number of hydrogen-bond donors (Lipinski definition) is 3. The minimum Gasteiger partial charge on any atom is -0.455 e. The topological polar surface area (TPSA) is 101 Å². The fraction of sp³-hybridized carbons (Fsp3) is 0.424. The normalized spacial score (nSPS) is 23.0. The van der Waals surface area contributed by atoms with E-state index in [0.29, 0.717) is 28.5 Å². The number of aromatic nitrogens is 1. The highest BCUT2D eigenvalue weighted by Crippen LogP contribution is 2.57.